The second kappa shape index (κ2) is 10.3. The molecule has 8 heteroatoms. The largest absolute Gasteiger partial charge is 0.370 e. The predicted octanol–water partition coefficient (Wildman–Crippen LogP) is 4.51. The lowest BCUT2D eigenvalue weighted by molar-refractivity contribution is 0.102. The van der Waals surface area contributed by atoms with Gasteiger partial charge in [0.15, 0.2) is 0 Å². The first kappa shape index (κ1) is 22.5. The average molecular weight is 470 g/mol. The number of hydrogen-bond acceptors (Lipinski definition) is 5. The van der Waals surface area contributed by atoms with Gasteiger partial charge in [-0.05, 0) is 73.5 Å². The quantitative estimate of drug-likeness (QED) is 0.509. The first-order chi connectivity index (χ1) is 15.5. The fourth-order valence-electron chi connectivity index (χ4n) is 3.82. The van der Waals surface area contributed by atoms with Crippen LogP contribution in [0.5, 0.6) is 0 Å². The van der Waals surface area contributed by atoms with Crippen LogP contribution in [0.4, 0.5) is 11.4 Å². The smallest absolute Gasteiger partial charge is 0.255 e. The van der Waals surface area contributed by atoms with Crippen LogP contribution < -0.4 is 14.9 Å². The molecule has 2 aromatic carbocycles. The van der Waals surface area contributed by atoms with Crippen LogP contribution in [0.2, 0.25) is 0 Å². The molecule has 1 aliphatic heterocycles. The lowest BCUT2D eigenvalue weighted by Gasteiger charge is -2.30. The molecule has 2 heterocycles. The minimum atomic E-state index is -3.62. The van der Waals surface area contributed by atoms with Crippen molar-refractivity contribution in [1.82, 2.24) is 4.72 Å². The summed E-state index contributed by atoms with van der Waals surface area (Å²) in [4.78, 5) is 16.4. The number of nitrogens with one attached hydrogen (secondary N) is 2. The van der Waals surface area contributed by atoms with Gasteiger partial charge in [0.2, 0.25) is 10.0 Å². The monoisotopic (exact) mass is 469 g/mol. The van der Waals surface area contributed by atoms with E-state index in [1.807, 2.05) is 41.8 Å². The van der Waals surface area contributed by atoms with Gasteiger partial charge in [-0.3, -0.25) is 4.79 Å². The van der Waals surface area contributed by atoms with E-state index in [1.165, 1.54) is 18.6 Å². The SMILES string of the molecule is O=C(Nc1ccccc1N1CCCCC1)c1ccc(S(=O)(=O)NCCc2cccs2)cc1. The minimum absolute atomic E-state index is 0.147. The van der Waals surface area contributed by atoms with Gasteiger partial charge in [-0.1, -0.05) is 18.2 Å². The number of piperidine rings is 1. The topological polar surface area (TPSA) is 78.5 Å². The van der Waals surface area contributed by atoms with Crippen LogP contribution in [-0.2, 0) is 16.4 Å². The number of anilines is 2. The molecule has 1 saturated heterocycles. The molecular weight excluding hydrogens is 442 g/mol. The van der Waals surface area contributed by atoms with Gasteiger partial charge in [0.05, 0.1) is 16.3 Å². The molecule has 0 spiro atoms. The van der Waals surface area contributed by atoms with E-state index in [1.54, 1.807) is 23.5 Å². The number of nitrogens with zero attached hydrogens (tertiary/aromatic N) is 1. The number of carbonyl (C=O) groups is 1. The van der Waals surface area contributed by atoms with Crippen LogP contribution in [0.1, 0.15) is 34.5 Å². The molecule has 168 valence electrons. The molecule has 3 aromatic rings. The Kier molecular flexibility index (Phi) is 7.24. The maximum atomic E-state index is 12.8. The number of sulfonamides is 1. The first-order valence-corrected chi connectivity index (χ1v) is 13.2. The van der Waals surface area contributed by atoms with E-state index in [-0.39, 0.29) is 10.8 Å². The van der Waals surface area contributed by atoms with E-state index in [2.05, 4.69) is 14.9 Å². The van der Waals surface area contributed by atoms with Crippen LogP contribution >= 0.6 is 11.3 Å². The number of rotatable bonds is 8. The summed E-state index contributed by atoms with van der Waals surface area (Å²) in [5.74, 6) is -0.260. The molecule has 1 fully saturated rings. The van der Waals surface area contributed by atoms with Gasteiger partial charge >= 0.3 is 0 Å². The molecule has 0 atom stereocenters. The summed E-state index contributed by atoms with van der Waals surface area (Å²) in [6.45, 7) is 2.30. The van der Waals surface area contributed by atoms with Gasteiger partial charge in [-0.2, -0.15) is 0 Å². The Bertz CT molecular complexity index is 1140. The van der Waals surface area contributed by atoms with E-state index in [0.29, 0.717) is 18.5 Å². The highest BCUT2D eigenvalue weighted by molar-refractivity contribution is 7.89. The van der Waals surface area contributed by atoms with E-state index < -0.39 is 10.0 Å². The van der Waals surface area contributed by atoms with Crippen LogP contribution in [0.25, 0.3) is 0 Å². The average Bonchev–Trinajstić information content (AvgIpc) is 3.33. The lowest BCUT2D eigenvalue weighted by Crippen LogP contribution is -2.30. The molecule has 6 nitrogen and oxygen atoms in total. The zero-order valence-corrected chi connectivity index (χ0v) is 19.4. The van der Waals surface area contributed by atoms with E-state index >= 15 is 0 Å². The number of amides is 1. The summed E-state index contributed by atoms with van der Waals surface area (Å²) in [6, 6.07) is 17.8. The molecule has 0 radical (unpaired) electrons. The normalized spacial score (nSPS) is 14.3. The summed E-state index contributed by atoms with van der Waals surface area (Å²) in [5.41, 5.74) is 2.21. The highest BCUT2D eigenvalue weighted by Crippen LogP contribution is 2.28. The van der Waals surface area contributed by atoms with Crippen molar-refractivity contribution in [1.29, 1.82) is 0 Å². The lowest BCUT2D eigenvalue weighted by atomic mass is 10.1. The molecule has 1 amide bonds. The third-order valence-corrected chi connectivity index (χ3v) is 7.93. The Balaban J connectivity index is 1.40. The van der Waals surface area contributed by atoms with Crippen LogP contribution in [0.15, 0.2) is 70.9 Å². The fraction of sp³-hybridized carbons (Fsp3) is 0.292. The number of thiophene rings is 1. The Labute approximate surface area is 193 Å². The highest BCUT2D eigenvalue weighted by atomic mass is 32.2. The summed E-state index contributed by atoms with van der Waals surface area (Å²) < 4.78 is 27.7. The Morgan fingerprint density at radius 3 is 2.41 bits per heavy atom. The van der Waals surface area contributed by atoms with Gasteiger partial charge in [0.25, 0.3) is 5.91 Å². The summed E-state index contributed by atoms with van der Waals surface area (Å²) in [6.07, 6.45) is 4.19. The highest BCUT2D eigenvalue weighted by Gasteiger charge is 2.17. The first-order valence-electron chi connectivity index (χ1n) is 10.8. The van der Waals surface area contributed by atoms with Crippen molar-refractivity contribution in [2.45, 2.75) is 30.6 Å². The number of hydrogen-bond donors (Lipinski definition) is 2. The van der Waals surface area contributed by atoms with Gasteiger partial charge in [0.1, 0.15) is 0 Å². The van der Waals surface area contributed by atoms with Crippen molar-refractivity contribution in [3.8, 4) is 0 Å². The second-order valence-electron chi connectivity index (χ2n) is 7.77. The van der Waals surface area contributed by atoms with E-state index in [9.17, 15) is 13.2 Å². The molecule has 4 rings (SSSR count). The Hall–Kier alpha value is -2.68. The second-order valence-corrected chi connectivity index (χ2v) is 10.6. The number of para-hydroxylation sites is 2. The van der Waals surface area contributed by atoms with Gasteiger partial charge in [-0.25, -0.2) is 13.1 Å². The summed E-state index contributed by atoms with van der Waals surface area (Å²) in [7, 11) is -3.62. The zero-order valence-electron chi connectivity index (χ0n) is 17.8. The van der Waals surface area contributed by atoms with E-state index in [4.69, 9.17) is 0 Å². The minimum Gasteiger partial charge on any atom is -0.370 e. The summed E-state index contributed by atoms with van der Waals surface area (Å²) >= 11 is 1.60. The zero-order chi connectivity index (χ0) is 22.4. The third-order valence-electron chi connectivity index (χ3n) is 5.52. The van der Waals surface area contributed by atoms with Crippen molar-refractivity contribution in [2.24, 2.45) is 0 Å². The van der Waals surface area contributed by atoms with Crippen LogP contribution in [-0.4, -0.2) is 34.0 Å². The van der Waals surface area contributed by atoms with Gasteiger partial charge < -0.3 is 10.2 Å². The van der Waals surface area contributed by atoms with Crippen molar-refractivity contribution >= 4 is 38.6 Å². The van der Waals surface area contributed by atoms with Crippen molar-refractivity contribution in [3.05, 3.63) is 76.5 Å². The maximum absolute atomic E-state index is 12.8. The third kappa shape index (κ3) is 5.56. The molecule has 0 aliphatic carbocycles. The van der Waals surface area contributed by atoms with Crippen molar-refractivity contribution in [3.63, 3.8) is 0 Å². The Morgan fingerprint density at radius 1 is 0.938 bits per heavy atom. The molecule has 0 saturated carbocycles. The molecule has 0 unspecified atom stereocenters. The van der Waals surface area contributed by atoms with E-state index in [0.717, 1.165) is 42.2 Å². The molecule has 1 aromatic heterocycles. The van der Waals surface area contributed by atoms with Crippen molar-refractivity contribution < 1.29 is 13.2 Å². The standard InChI is InChI=1S/C24H27N3O3S2/c28-24(26-22-8-2-3-9-23(22)27-16-4-1-5-17-27)19-10-12-21(13-11-19)32(29,30)25-15-14-20-7-6-18-31-20/h2-3,6-13,18,25H,1,4-5,14-17H2,(H,26,28). The van der Waals surface area contributed by atoms with Gasteiger partial charge in [-0.15, -0.1) is 11.3 Å². The number of benzene rings is 2. The maximum Gasteiger partial charge on any atom is 0.255 e. The van der Waals surface area contributed by atoms with Crippen LogP contribution in [0, 0.1) is 0 Å². The predicted molar refractivity (Wildman–Crippen MR) is 130 cm³/mol. The number of carbonyl (C=O) groups excluding carboxylic acids is 1. The molecule has 32 heavy (non-hydrogen) atoms. The molecule has 2 N–H and O–H groups in total. The fourth-order valence-corrected chi connectivity index (χ4v) is 5.56. The molecule has 0 bridgehead atoms. The molecular formula is C24H27N3O3S2. The van der Waals surface area contributed by atoms with Gasteiger partial charge in [0, 0.05) is 30.1 Å². The molecule has 1 aliphatic rings. The summed E-state index contributed by atoms with van der Waals surface area (Å²) in [5, 5.41) is 4.96. The van der Waals surface area contributed by atoms with Crippen LogP contribution in [0.3, 0.4) is 0 Å². The Morgan fingerprint density at radius 2 is 1.69 bits per heavy atom. The van der Waals surface area contributed by atoms with Crippen molar-refractivity contribution in [2.75, 3.05) is 29.9 Å².